The van der Waals surface area contributed by atoms with Crippen molar-refractivity contribution in [1.29, 1.82) is 0 Å². The van der Waals surface area contributed by atoms with Crippen LogP contribution in [-0.4, -0.2) is 41.9 Å². The molecule has 1 aromatic heterocycles. The maximum absolute atomic E-state index is 4.57. The smallest absolute Gasteiger partial charge is 0.0696 e. The molecule has 1 heterocycles. The van der Waals surface area contributed by atoms with Gasteiger partial charge in [0.05, 0.1) is 29.0 Å². The molecule has 1 N–H and O–H groups in total. The summed E-state index contributed by atoms with van der Waals surface area (Å²) in [6.45, 7) is 5.27. The van der Waals surface area contributed by atoms with Crippen molar-refractivity contribution >= 4 is 15.9 Å². The third-order valence-corrected chi connectivity index (χ3v) is 4.97. The molecule has 1 unspecified atom stereocenters. The van der Waals surface area contributed by atoms with Crippen molar-refractivity contribution < 1.29 is 0 Å². The Balaban J connectivity index is 2.10. The van der Waals surface area contributed by atoms with E-state index in [1.165, 1.54) is 37.8 Å². The average molecular weight is 357 g/mol. The lowest BCUT2D eigenvalue weighted by molar-refractivity contribution is 0.254. The molecule has 2 rings (SSSR count). The molecule has 1 atom stereocenters. The summed E-state index contributed by atoms with van der Waals surface area (Å²) in [6, 6.07) is 0.425. The number of nitrogens with zero attached hydrogens (tertiary/aromatic N) is 3. The van der Waals surface area contributed by atoms with Crippen molar-refractivity contribution in [2.75, 3.05) is 27.2 Å². The van der Waals surface area contributed by atoms with Crippen LogP contribution in [0.2, 0.25) is 0 Å². The molecular formula is C16H29BrN4. The van der Waals surface area contributed by atoms with Crippen molar-refractivity contribution in [3.05, 3.63) is 16.4 Å². The predicted molar refractivity (Wildman–Crippen MR) is 91.5 cm³/mol. The molecule has 1 fully saturated rings. The molecule has 0 aliphatic heterocycles. The van der Waals surface area contributed by atoms with Crippen molar-refractivity contribution in [3.8, 4) is 0 Å². The lowest BCUT2D eigenvalue weighted by atomic mass is 9.80. The number of hydrogen-bond donors (Lipinski definition) is 1. The Morgan fingerprint density at radius 2 is 2.24 bits per heavy atom. The number of likely N-dealkylation sites (N-methyl/N-ethyl adjacent to an activating group) is 1. The fourth-order valence-corrected chi connectivity index (χ4v) is 3.44. The second kappa shape index (κ2) is 8.30. The highest BCUT2D eigenvalue weighted by Crippen LogP contribution is 2.36. The van der Waals surface area contributed by atoms with Crippen LogP contribution < -0.4 is 5.32 Å². The van der Waals surface area contributed by atoms with E-state index in [1.807, 2.05) is 6.20 Å². The summed E-state index contributed by atoms with van der Waals surface area (Å²) in [7, 11) is 4.22. The third-order valence-electron chi connectivity index (χ3n) is 4.36. The summed E-state index contributed by atoms with van der Waals surface area (Å²) >= 11 is 3.71. The molecule has 0 saturated heterocycles. The predicted octanol–water partition coefficient (Wildman–Crippen LogP) is 3.44. The van der Waals surface area contributed by atoms with Crippen LogP contribution in [-0.2, 0) is 6.54 Å². The van der Waals surface area contributed by atoms with Gasteiger partial charge in [-0.05, 0) is 55.3 Å². The van der Waals surface area contributed by atoms with Crippen molar-refractivity contribution in [2.24, 2.45) is 5.92 Å². The number of rotatable bonds is 9. The Morgan fingerprint density at radius 1 is 1.48 bits per heavy atom. The molecule has 0 radical (unpaired) electrons. The van der Waals surface area contributed by atoms with Gasteiger partial charge in [-0.2, -0.15) is 5.10 Å². The first kappa shape index (κ1) is 17.0. The summed E-state index contributed by atoms with van der Waals surface area (Å²) < 4.78 is 3.32. The highest BCUT2D eigenvalue weighted by atomic mass is 79.9. The third kappa shape index (κ3) is 4.80. The van der Waals surface area contributed by atoms with E-state index in [1.54, 1.807) is 0 Å². The molecule has 0 aromatic carbocycles. The molecule has 1 aliphatic rings. The minimum absolute atomic E-state index is 0.425. The zero-order valence-corrected chi connectivity index (χ0v) is 15.2. The molecule has 0 amide bonds. The molecule has 120 valence electrons. The second-order valence-electron chi connectivity index (χ2n) is 6.44. The Labute approximate surface area is 137 Å². The topological polar surface area (TPSA) is 33.1 Å². The SMILES string of the molecule is CCCNC(CC1CCC1)c1c(Br)cnn1CCN(C)C. The highest BCUT2D eigenvalue weighted by Gasteiger charge is 2.26. The number of aromatic nitrogens is 2. The Kier molecular flexibility index (Phi) is 6.71. The molecule has 4 nitrogen and oxygen atoms in total. The maximum Gasteiger partial charge on any atom is 0.0696 e. The quantitative estimate of drug-likeness (QED) is 0.735. The van der Waals surface area contributed by atoms with Crippen LogP contribution in [0, 0.1) is 5.92 Å². The lowest BCUT2D eigenvalue weighted by Crippen LogP contribution is -2.30. The molecule has 1 saturated carbocycles. The Bertz CT molecular complexity index is 426. The van der Waals surface area contributed by atoms with E-state index in [0.29, 0.717) is 6.04 Å². The summed E-state index contributed by atoms with van der Waals surface area (Å²) in [4.78, 5) is 2.21. The fourth-order valence-electron chi connectivity index (χ4n) is 2.86. The monoisotopic (exact) mass is 356 g/mol. The minimum atomic E-state index is 0.425. The van der Waals surface area contributed by atoms with Gasteiger partial charge >= 0.3 is 0 Å². The van der Waals surface area contributed by atoms with Crippen molar-refractivity contribution in [3.63, 3.8) is 0 Å². The fraction of sp³-hybridized carbons (Fsp3) is 0.812. The van der Waals surface area contributed by atoms with Gasteiger partial charge in [-0.15, -0.1) is 0 Å². The van der Waals surface area contributed by atoms with Crippen molar-refractivity contribution in [2.45, 2.75) is 51.6 Å². The van der Waals surface area contributed by atoms with Gasteiger partial charge in [0.1, 0.15) is 0 Å². The van der Waals surface area contributed by atoms with E-state index in [2.05, 4.69) is 56.9 Å². The van der Waals surface area contributed by atoms with Gasteiger partial charge in [-0.25, -0.2) is 0 Å². The maximum atomic E-state index is 4.57. The number of halogens is 1. The summed E-state index contributed by atoms with van der Waals surface area (Å²) in [5, 5.41) is 8.31. The molecular weight excluding hydrogens is 328 g/mol. The van der Waals surface area contributed by atoms with Crippen LogP contribution >= 0.6 is 15.9 Å². The molecule has 0 bridgehead atoms. The number of nitrogens with one attached hydrogen (secondary N) is 1. The zero-order valence-electron chi connectivity index (χ0n) is 13.6. The molecule has 1 aromatic rings. The van der Waals surface area contributed by atoms with E-state index >= 15 is 0 Å². The molecule has 0 spiro atoms. The first-order chi connectivity index (χ1) is 10.1. The van der Waals surface area contributed by atoms with Gasteiger partial charge in [0.15, 0.2) is 0 Å². The molecule has 5 heteroatoms. The van der Waals surface area contributed by atoms with E-state index in [-0.39, 0.29) is 0 Å². The van der Waals surface area contributed by atoms with Crippen LogP contribution in [0.15, 0.2) is 10.7 Å². The van der Waals surface area contributed by atoms with Gasteiger partial charge in [0.2, 0.25) is 0 Å². The Hall–Kier alpha value is -0.390. The van der Waals surface area contributed by atoms with Gasteiger partial charge in [-0.3, -0.25) is 4.68 Å². The summed E-state index contributed by atoms with van der Waals surface area (Å²) in [5.74, 6) is 0.892. The van der Waals surface area contributed by atoms with Crippen molar-refractivity contribution in [1.82, 2.24) is 20.0 Å². The summed E-state index contributed by atoms with van der Waals surface area (Å²) in [6.07, 6.45) is 8.57. The van der Waals surface area contributed by atoms with E-state index < -0.39 is 0 Å². The van der Waals surface area contributed by atoms with Gasteiger partial charge in [-0.1, -0.05) is 26.2 Å². The average Bonchev–Trinajstić information content (AvgIpc) is 2.76. The summed E-state index contributed by atoms with van der Waals surface area (Å²) in [5.41, 5.74) is 1.33. The Morgan fingerprint density at radius 3 is 2.81 bits per heavy atom. The van der Waals surface area contributed by atoms with E-state index in [4.69, 9.17) is 0 Å². The van der Waals surface area contributed by atoms with Crippen LogP contribution in [0.1, 0.15) is 50.8 Å². The largest absolute Gasteiger partial charge is 0.309 e. The number of hydrogen-bond acceptors (Lipinski definition) is 3. The first-order valence-corrected chi connectivity index (χ1v) is 9.00. The normalized spacial score (nSPS) is 17.2. The van der Waals surface area contributed by atoms with Crippen LogP contribution in [0.4, 0.5) is 0 Å². The molecule has 21 heavy (non-hydrogen) atoms. The highest BCUT2D eigenvalue weighted by molar-refractivity contribution is 9.10. The lowest BCUT2D eigenvalue weighted by Gasteiger charge is -2.31. The van der Waals surface area contributed by atoms with Gasteiger partial charge < -0.3 is 10.2 Å². The second-order valence-corrected chi connectivity index (χ2v) is 7.30. The molecule has 1 aliphatic carbocycles. The zero-order chi connectivity index (χ0) is 15.2. The van der Waals surface area contributed by atoms with Crippen LogP contribution in [0.25, 0.3) is 0 Å². The van der Waals surface area contributed by atoms with Gasteiger partial charge in [0.25, 0.3) is 0 Å². The first-order valence-electron chi connectivity index (χ1n) is 8.21. The standard InChI is InChI=1S/C16H29BrN4/c1-4-8-18-15(11-13-6-5-7-13)16-14(17)12-19-21(16)10-9-20(2)3/h12-13,15,18H,4-11H2,1-3H3. The van der Waals surface area contributed by atoms with Crippen LogP contribution in [0.3, 0.4) is 0 Å². The van der Waals surface area contributed by atoms with Crippen LogP contribution in [0.5, 0.6) is 0 Å². The van der Waals surface area contributed by atoms with Gasteiger partial charge in [0, 0.05) is 6.54 Å². The van der Waals surface area contributed by atoms with E-state index in [9.17, 15) is 0 Å². The van der Waals surface area contributed by atoms with E-state index in [0.717, 1.165) is 30.0 Å². The minimum Gasteiger partial charge on any atom is -0.309 e.